The van der Waals surface area contributed by atoms with Crippen LogP contribution in [-0.2, 0) is 0 Å². The standard InChI is InChI=1S/C20H27N5O2/c1-14-19(22-23-25(14)16-8-10-21-11-9-16)20(26)24-12-4-7-18(24)15-5-3-6-17(13-15)27-2/h3,5-6,13,16,18,21H,4,7-12H2,1-2H3. The Bertz CT molecular complexity index is 812. The van der Waals surface area contributed by atoms with Gasteiger partial charge in [-0.2, -0.15) is 0 Å². The lowest BCUT2D eigenvalue weighted by atomic mass is 10.0. The Labute approximate surface area is 159 Å². The fourth-order valence-corrected chi connectivity index (χ4v) is 4.28. The van der Waals surface area contributed by atoms with Crippen LogP contribution < -0.4 is 10.1 Å². The van der Waals surface area contributed by atoms with Gasteiger partial charge in [0.2, 0.25) is 0 Å². The molecule has 1 N–H and O–H groups in total. The van der Waals surface area contributed by atoms with Gasteiger partial charge in [-0.1, -0.05) is 17.3 Å². The maximum atomic E-state index is 13.3. The number of piperidine rings is 1. The second-order valence-electron chi connectivity index (χ2n) is 7.38. The molecule has 4 rings (SSSR count). The maximum Gasteiger partial charge on any atom is 0.276 e. The smallest absolute Gasteiger partial charge is 0.276 e. The molecule has 2 aliphatic heterocycles. The van der Waals surface area contributed by atoms with Crippen molar-refractivity contribution in [3.8, 4) is 5.75 Å². The van der Waals surface area contributed by atoms with Crippen LogP contribution in [0, 0.1) is 6.92 Å². The number of benzene rings is 1. The van der Waals surface area contributed by atoms with E-state index in [1.807, 2.05) is 34.7 Å². The summed E-state index contributed by atoms with van der Waals surface area (Å²) in [6.45, 7) is 4.68. The first-order chi connectivity index (χ1) is 13.2. The van der Waals surface area contributed by atoms with Crippen LogP contribution in [0.15, 0.2) is 24.3 Å². The monoisotopic (exact) mass is 369 g/mol. The Morgan fingerprint density at radius 1 is 1.26 bits per heavy atom. The lowest BCUT2D eigenvalue weighted by Gasteiger charge is -2.25. The minimum absolute atomic E-state index is 0.0157. The van der Waals surface area contributed by atoms with Crippen molar-refractivity contribution in [3.63, 3.8) is 0 Å². The van der Waals surface area contributed by atoms with Gasteiger partial charge in [0.15, 0.2) is 5.69 Å². The normalized spacial score (nSPS) is 20.8. The van der Waals surface area contributed by atoms with E-state index in [0.29, 0.717) is 11.7 Å². The predicted molar refractivity (Wildman–Crippen MR) is 102 cm³/mol. The molecule has 0 radical (unpaired) electrons. The molecule has 27 heavy (non-hydrogen) atoms. The number of hydrogen-bond acceptors (Lipinski definition) is 5. The molecule has 0 spiro atoms. The molecular weight excluding hydrogens is 342 g/mol. The van der Waals surface area contributed by atoms with E-state index in [-0.39, 0.29) is 11.9 Å². The SMILES string of the molecule is COc1cccc(C2CCCN2C(=O)c2nnn(C3CCNCC3)c2C)c1. The number of hydrogen-bond donors (Lipinski definition) is 1. The number of carbonyl (C=O) groups is 1. The van der Waals surface area contributed by atoms with Gasteiger partial charge in [-0.3, -0.25) is 4.79 Å². The van der Waals surface area contributed by atoms with Crippen molar-refractivity contribution in [3.05, 3.63) is 41.2 Å². The van der Waals surface area contributed by atoms with E-state index < -0.39 is 0 Å². The molecule has 144 valence electrons. The molecule has 1 atom stereocenters. The molecule has 0 saturated carbocycles. The van der Waals surface area contributed by atoms with Crippen LogP contribution in [0.25, 0.3) is 0 Å². The quantitative estimate of drug-likeness (QED) is 0.896. The van der Waals surface area contributed by atoms with Gasteiger partial charge in [-0.15, -0.1) is 5.10 Å². The molecule has 0 bridgehead atoms. The number of carbonyl (C=O) groups excluding carboxylic acids is 1. The summed E-state index contributed by atoms with van der Waals surface area (Å²) >= 11 is 0. The summed E-state index contributed by atoms with van der Waals surface area (Å²) < 4.78 is 7.30. The highest BCUT2D eigenvalue weighted by Gasteiger charge is 2.34. The number of nitrogens with zero attached hydrogens (tertiary/aromatic N) is 4. The third-order valence-corrected chi connectivity index (χ3v) is 5.78. The average molecular weight is 369 g/mol. The second kappa shape index (κ2) is 7.68. The first-order valence-corrected chi connectivity index (χ1v) is 9.76. The van der Waals surface area contributed by atoms with Crippen molar-refractivity contribution in [2.45, 2.75) is 44.7 Å². The lowest BCUT2D eigenvalue weighted by Crippen LogP contribution is -2.32. The van der Waals surface area contributed by atoms with Crippen molar-refractivity contribution in [2.24, 2.45) is 0 Å². The summed E-state index contributed by atoms with van der Waals surface area (Å²) in [6, 6.07) is 8.39. The van der Waals surface area contributed by atoms with Crippen LogP contribution in [0.1, 0.15) is 59.5 Å². The largest absolute Gasteiger partial charge is 0.497 e. The summed E-state index contributed by atoms with van der Waals surface area (Å²) in [5.74, 6) is 0.804. The van der Waals surface area contributed by atoms with Crippen molar-refractivity contribution in [1.29, 1.82) is 0 Å². The highest BCUT2D eigenvalue weighted by atomic mass is 16.5. The number of methoxy groups -OCH3 is 1. The van der Waals surface area contributed by atoms with Gasteiger partial charge in [-0.05, 0) is 63.4 Å². The minimum Gasteiger partial charge on any atom is -0.497 e. The van der Waals surface area contributed by atoms with Gasteiger partial charge < -0.3 is 15.0 Å². The molecule has 2 fully saturated rings. The highest BCUT2D eigenvalue weighted by molar-refractivity contribution is 5.93. The average Bonchev–Trinajstić information content (AvgIpc) is 3.35. The highest BCUT2D eigenvalue weighted by Crippen LogP contribution is 2.34. The lowest BCUT2D eigenvalue weighted by molar-refractivity contribution is 0.0728. The molecule has 7 heteroatoms. The van der Waals surface area contributed by atoms with E-state index in [1.165, 1.54) is 0 Å². The van der Waals surface area contributed by atoms with Crippen LogP contribution in [0.4, 0.5) is 0 Å². The minimum atomic E-state index is -0.0157. The number of likely N-dealkylation sites (tertiary alicyclic amines) is 1. The van der Waals surface area contributed by atoms with Gasteiger partial charge in [0.05, 0.1) is 24.9 Å². The summed E-state index contributed by atoms with van der Waals surface area (Å²) in [5, 5.41) is 12.0. The Morgan fingerprint density at radius 3 is 2.85 bits per heavy atom. The molecular formula is C20H27N5O2. The molecule has 2 aromatic rings. The molecule has 3 heterocycles. The third-order valence-electron chi connectivity index (χ3n) is 5.78. The van der Waals surface area contributed by atoms with Gasteiger partial charge in [0.25, 0.3) is 5.91 Å². The summed E-state index contributed by atoms with van der Waals surface area (Å²) in [6.07, 6.45) is 4.00. The molecule has 1 aromatic carbocycles. The van der Waals surface area contributed by atoms with Crippen LogP contribution in [0.2, 0.25) is 0 Å². The topological polar surface area (TPSA) is 72.3 Å². The fourth-order valence-electron chi connectivity index (χ4n) is 4.28. The molecule has 2 aliphatic rings. The summed E-state index contributed by atoms with van der Waals surface area (Å²) in [7, 11) is 1.67. The maximum absolute atomic E-state index is 13.3. The number of amides is 1. The fraction of sp³-hybridized carbons (Fsp3) is 0.550. The summed E-state index contributed by atoms with van der Waals surface area (Å²) in [4.78, 5) is 15.2. The number of aromatic nitrogens is 3. The second-order valence-corrected chi connectivity index (χ2v) is 7.38. The zero-order valence-electron chi connectivity index (χ0n) is 16.0. The first-order valence-electron chi connectivity index (χ1n) is 9.76. The van der Waals surface area contributed by atoms with Crippen LogP contribution in [0.3, 0.4) is 0 Å². The summed E-state index contributed by atoms with van der Waals surface area (Å²) in [5.41, 5.74) is 2.48. The van der Waals surface area contributed by atoms with E-state index in [4.69, 9.17) is 4.74 Å². The molecule has 1 amide bonds. The van der Waals surface area contributed by atoms with Gasteiger partial charge in [0.1, 0.15) is 5.75 Å². The Morgan fingerprint density at radius 2 is 2.07 bits per heavy atom. The third kappa shape index (κ3) is 3.43. The van der Waals surface area contributed by atoms with Crippen molar-refractivity contribution >= 4 is 5.91 Å². The Hall–Kier alpha value is -2.41. The van der Waals surface area contributed by atoms with E-state index in [0.717, 1.165) is 62.3 Å². The zero-order chi connectivity index (χ0) is 18.8. The molecule has 0 aliphatic carbocycles. The van der Waals surface area contributed by atoms with E-state index >= 15 is 0 Å². The van der Waals surface area contributed by atoms with E-state index in [9.17, 15) is 4.79 Å². The zero-order valence-corrected chi connectivity index (χ0v) is 16.0. The number of ether oxygens (including phenoxy) is 1. The van der Waals surface area contributed by atoms with Gasteiger partial charge in [0, 0.05) is 6.54 Å². The molecule has 1 unspecified atom stereocenters. The predicted octanol–water partition coefficient (Wildman–Crippen LogP) is 2.50. The van der Waals surface area contributed by atoms with Crippen molar-refractivity contribution in [1.82, 2.24) is 25.2 Å². The Kier molecular flexibility index (Phi) is 5.11. The van der Waals surface area contributed by atoms with Crippen molar-refractivity contribution in [2.75, 3.05) is 26.7 Å². The number of nitrogens with one attached hydrogen (secondary N) is 1. The van der Waals surface area contributed by atoms with Gasteiger partial charge >= 0.3 is 0 Å². The first kappa shape index (κ1) is 18.0. The molecule has 7 nitrogen and oxygen atoms in total. The van der Waals surface area contributed by atoms with E-state index in [2.05, 4.69) is 21.7 Å². The van der Waals surface area contributed by atoms with E-state index in [1.54, 1.807) is 7.11 Å². The number of rotatable bonds is 4. The van der Waals surface area contributed by atoms with Crippen LogP contribution in [0.5, 0.6) is 5.75 Å². The van der Waals surface area contributed by atoms with Crippen LogP contribution >= 0.6 is 0 Å². The molecule has 2 saturated heterocycles. The van der Waals surface area contributed by atoms with Crippen LogP contribution in [-0.4, -0.2) is 52.5 Å². The Balaban J connectivity index is 1.57. The molecule has 1 aromatic heterocycles. The van der Waals surface area contributed by atoms with Crippen molar-refractivity contribution < 1.29 is 9.53 Å². The van der Waals surface area contributed by atoms with Gasteiger partial charge in [-0.25, -0.2) is 4.68 Å².